The minimum Gasteiger partial charge on any atom is -0.381 e. The van der Waals surface area contributed by atoms with Gasteiger partial charge in [0, 0.05) is 31.6 Å². The Morgan fingerprint density at radius 3 is 2.81 bits per heavy atom. The van der Waals surface area contributed by atoms with Gasteiger partial charge in [0.15, 0.2) is 5.96 Å². The van der Waals surface area contributed by atoms with Gasteiger partial charge in [0.2, 0.25) is 0 Å². The zero-order valence-corrected chi connectivity index (χ0v) is 16.3. The van der Waals surface area contributed by atoms with Crippen molar-refractivity contribution in [1.29, 1.82) is 0 Å². The van der Waals surface area contributed by atoms with Crippen LogP contribution in [0.3, 0.4) is 0 Å². The minimum absolute atomic E-state index is 0. The molecule has 124 valence electrons. The van der Waals surface area contributed by atoms with E-state index in [-0.39, 0.29) is 24.0 Å². The van der Waals surface area contributed by atoms with Crippen molar-refractivity contribution in [2.75, 3.05) is 38.6 Å². The van der Waals surface area contributed by atoms with Crippen LogP contribution in [0.1, 0.15) is 39.0 Å². The van der Waals surface area contributed by atoms with Crippen LogP contribution in [0.25, 0.3) is 0 Å². The van der Waals surface area contributed by atoms with E-state index in [2.05, 4.69) is 34.3 Å². The molecule has 2 N–H and O–H groups in total. The third-order valence-electron chi connectivity index (χ3n) is 3.63. The maximum atomic E-state index is 5.64. The molecule has 1 aliphatic carbocycles. The first-order valence-corrected chi connectivity index (χ1v) is 9.15. The van der Waals surface area contributed by atoms with Crippen LogP contribution in [0.15, 0.2) is 4.99 Å². The van der Waals surface area contributed by atoms with Crippen LogP contribution in [0.5, 0.6) is 0 Å². The third kappa shape index (κ3) is 9.13. The van der Waals surface area contributed by atoms with E-state index < -0.39 is 0 Å². The Morgan fingerprint density at radius 2 is 2.14 bits per heavy atom. The lowest BCUT2D eigenvalue weighted by atomic mass is 10.2. The van der Waals surface area contributed by atoms with E-state index >= 15 is 0 Å². The maximum Gasteiger partial charge on any atom is 0.191 e. The molecular weight excluding hydrogens is 397 g/mol. The normalized spacial score (nSPS) is 22.0. The molecule has 0 aromatic rings. The van der Waals surface area contributed by atoms with E-state index in [1.807, 2.05) is 0 Å². The summed E-state index contributed by atoms with van der Waals surface area (Å²) >= 11 is 2.06. The average molecular weight is 427 g/mol. The van der Waals surface area contributed by atoms with Crippen LogP contribution in [0.4, 0.5) is 0 Å². The van der Waals surface area contributed by atoms with Gasteiger partial charge in [0.1, 0.15) is 0 Å². The molecule has 0 aromatic carbocycles. The minimum atomic E-state index is 0. The first-order chi connectivity index (χ1) is 9.88. The molecule has 2 fully saturated rings. The number of thioether (sulfide) groups is 1. The van der Waals surface area contributed by atoms with Gasteiger partial charge in [-0.15, -0.1) is 24.0 Å². The largest absolute Gasteiger partial charge is 0.381 e. The van der Waals surface area contributed by atoms with Crippen molar-refractivity contribution in [1.82, 2.24) is 10.6 Å². The summed E-state index contributed by atoms with van der Waals surface area (Å²) in [5, 5.41) is 7.44. The Bertz CT molecular complexity index is 295. The Balaban J connectivity index is 0.00000220. The molecule has 0 aromatic heterocycles. The van der Waals surface area contributed by atoms with Crippen molar-refractivity contribution >= 4 is 41.7 Å². The maximum absolute atomic E-state index is 5.64. The molecule has 1 heterocycles. The summed E-state index contributed by atoms with van der Waals surface area (Å²) in [5.41, 5.74) is 0. The first-order valence-electron chi connectivity index (χ1n) is 8.10. The second-order valence-electron chi connectivity index (χ2n) is 5.65. The molecule has 1 aliphatic heterocycles. The summed E-state index contributed by atoms with van der Waals surface area (Å²) in [5.74, 6) is 3.13. The van der Waals surface area contributed by atoms with Gasteiger partial charge in [0.25, 0.3) is 0 Å². The number of guanidine groups is 1. The molecule has 2 rings (SSSR count). The van der Waals surface area contributed by atoms with E-state index in [1.54, 1.807) is 0 Å². The van der Waals surface area contributed by atoms with Crippen molar-refractivity contribution in [3.63, 3.8) is 0 Å². The van der Waals surface area contributed by atoms with Gasteiger partial charge >= 0.3 is 0 Å². The smallest absolute Gasteiger partial charge is 0.191 e. The number of aliphatic imine (C=N–C) groups is 1. The van der Waals surface area contributed by atoms with Crippen LogP contribution in [-0.2, 0) is 4.74 Å². The lowest BCUT2D eigenvalue weighted by Gasteiger charge is -2.12. The number of halogens is 1. The van der Waals surface area contributed by atoms with Crippen LogP contribution in [0.2, 0.25) is 0 Å². The number of hydrogen-bond acceptors (Lipinski definition) is 3. The molecule has 1 saturated heterocycles. The van der Waals surface area contributed by atoms with E-state index in [0.717, 1.165) is 56.4 Å². The molecule has 0 amide bonds. The Hall–Kier alpha value is 0.310. The lowest BCUT2D eigenvalue weighted by Crippen LogP contribution is -2.38. The van der Waals surface area contributed by atoms with Gasteiger partial charge in [-0.3, -0.25) is 4.99 Å². The summed E-state index contributed by atoms with van der Waals surface area (Å²) < 4.78 is 5.64. The molecule has 1 atom stereocenters. The van der Waals surface area contributed by atoms with Crippen LogP contribution < -0.4 is 10.6 Å². The highest BCUT2D eigenvalue weighted by atomic mass is 127. The summed E-state index contributed by atoms with van der Waals surface area (Å²) in [6.45, 7) is 6.74. The van der Waals surface area contributed by atoms with Crippen molar-refractivity contribution in [3.05, 3.63) is 0 Å². The fourth-order valence-corrected chi connectivity index (χ4v) is 3.42. The Morgan fingerprint density at radius 1 is 1.29 bits per heavy atom. The molecule has 0 spiro atoms. The molecule has 2 aliphatic rings. The fourth-order valence-electron chi connectivity index (χ4n) is 2.24. The van der Waals surface area contributed by atoms with E-state index in [0.29, 0.717) is 0 Å². The first kappa shape index (κ1) is 19.4. The second kappa shape index (κ2) is 11.8. The standard InChI is InChI=1S/C15H29N3OS.HI/c1-2-16-15(18-11-14-5-3-10-20-14)17-8-4-9-19-12-13-6-7-13;/h13-14H,2-12H2,1H3,(H2,16,17,18);1H. The van der Waals surface area contributed by atoms with E-state index in [1.165, 1.54) is 31.4 Å². The van der Waals surface area contributed by atoms with Crippen molar-refractivity contribution in [2.24, 2.45) is 10.9 Å². The molecular formula is C15H30IN3OS. The molecule has 0 radical (unpaired) electrons. The monoisotopic (exact) mass is 427 g/mol. The van der Waals surface area contributed by atoms with Crippen molar-refractivity contribution < 1.29 is 4.74 Å². The predicted octanol–water partition coefficient (Wildman–Crippen LogP) is 2.87. The molecule has 6 heteroatoms. The molecule has 21 heavy (non-hydrogen) atoms. The number of hydrogen-bond donors (Lipinski definition) is 2. The topological polar surface area (TPSA) is 45.7 Å². The average Bonchev–Trinajstić information content (AvgIpc) is 3.13. The Labute approximate surface area is 150 Å². The SMILES string of the molecule is CCNC(=NCC1CCCS1)NCCCOCC1CC1.I. The van der Waals surface area contributed by atoms with Gasteiger partial charge in [-0.25, -0.2) is 0 Å². The molecule has 1 saturated carbocycles. The third-order valence-corrected chi connectivity index (χ3v) is 5.01. The zero-order chi connectivity index (χ0) is 14.0. The molecule has 0 bridgehead atoms. The van der Waals surface area contributed by atoms with Crippen LogP contribution >= 0.6 is 35.7 Å². The number of nitrogens with one attached hydrogen (secondary N) is 2. The van der Waals surface area contributed by atoms with Gasteiger partial charge < -0.3 is 15.4 Å². The second-order valence-corrected chi connectivity index (χ2v) is 7.06. The summed E-state index contributed by atoms with van der Waals surface area (Å²) in [6, 6.07) is 0. The van der Waals surface area contributed by atoms with Gasteiger partial charge in [-0.1, -0.05) is 0 Å². The summed E-state index contributed by atoms with van der Waals surface area (Å²) in [6.07, 6.45) is 6.47. The van der Waals surface area contributed by atoms with Gasteiger partial charge in [-0.05, 0) is 50.7 Å². The summed E-state index contributed by atoms with van der Waals surface area (Å²) in [7, 11) is 0. The summed E-state index contributed by atoms with van der Waals surface area (Å²) in [4.78, 5) is 4.68. The van der Waals surface area contributed by atoms with E-state index in [4.69, 9.17) is 4.74 Å². The molecule has 1 unspecified atom stereocenters. The van der Waals surface area contributed by atoms with Crippen LogP contribution in [0, 0.1) is 5.92 Å². The fraction of sp³-hybridized carbons (Fsp3) is 0.933. The van der Waals surface area contributed by atoms with Crippen LogP contribution in [-0.4, -0.2) is 49.8 Å². The quantitative estimate of drug-likeness (QED) is 0.257. The van der Waals surface area contributed by atoms with Gasteiger partial charge in [0.05, 0.1) is 6.54 Å². The van der Waals surface area contributed by atoms with Crippen molar-refractivity contribution in [3.8, 4) is 0 Å². The number of rotatable bonds is 9. The zero-order valence-electron chi connectivity index (χ0n) is 13.1. The molecule has 4 nitrogen and oxygen atoms in total. The highest BCUT2D eigenvalue weighted by Crippen LogP contribution is 2.28. The lowest BCUT2D eigenvalue weighted by molar-refractivity contribution is 0.123. The van der Waals surface area contributed by atoms with Crippen molar-refractivity contribution in [2.45, 2.75) is 44.3 Å². The van der Waals surface area contributed by atoms with Gasteiger partial charge in [-0.2, -0.15) is 11.8 Å². The predicted molar refractivity (Wildman–Crippen MR) is 103 cm³/mol. The Kier molecular flexibility index (Phi) is 10.9. The number of ether oxygens (including phenoxy) is 1. The highest BCUT2D eigenvalue weighted by molar-refractivity contribution is 14.0. The van der Waals surface area contributed by atoms with E-state index in [9.17, 15) is 0 Å². The highest BCUT2D eigenvalue weighted by Gasteiger charge is 2.20. The number of nitrogens with zero attached hydrogens (tertiary/aromatic N) is 1.